The number of rotatable bonds is 2. The van der Waals surface area contributed by atoms with Gasteiger partial charge >= 0.3 is 0 Å². The molecule has 2 atom stereocenters. The highest BCUT2D eigenvalue weighted by molar-refractivity contribution is 5.94. The molecule has 1 amide bonds. The number of hydrogen-bond acceptors (Lipinski definition) is 3. The molecule has 5 heteroatoms. The minimum absolute atomic E-state index is 0.0174. The van der Waals surface area contributed by atoms with Gasteiger partial charge in [0.15, 0.2) is 0 Å². The number of fused-ring (bicyclic) bond motifs is 4. The van der Waals surface area contributed by atoms with E-state index in [1.807, 2.05) is 9.47 Å². The Morgan fingerprint density at radius 2 is 1.70 bits per heavy atom. The van der Waals surface area contributed by atoms with Crippen molar-refractivity contribution in [3.05, 3.63) is 69.1 Å². The molecule has 5 rings (SSSR count). The molecular formula is C25H27N3O2. The van der Waals surface area contributed by atoms with Gasteiger partial charge in [0, 0.05) is 42.4 Å². The number of likely N-dealkylation sites (tertiary alicyclic amines) is 1. The van der Waals surface area contributed by atoms with Gasteiger partial charge in [-0.2, -0.15) is 5.26 Å². The molecule has 5 nitrogen and oxygen atoms in total. The van der Waals surface area contributed by atoms with E-state index >= 15 is 0 Å². The maximum atomic E-state index is 13.3. The first-order valence-electron chi connectivity index (χ1n) is 11.2. The Balaban J connectivity index is 1.39. The molecule has 1 saturated heterocycles. The molecular weight excluding hydrogens is 374 g/mol. The molecule has 3 heterocycles. The molecule has 0 spiro atoms. The molecule has 154 valence electrons. The Bertz CT molecular complexity index is 1060. The highest BCUT2D eigenvalue weighted by Crippen LogP contribution is 2.37. The molecule has 2 aliphatic heterocycles. The second-order valence-corrected chi connectivity index (χ2v) is 9.16. The molecule has 1 aliphatic carbocycles. The molecule has 3 aliphatic rings. The van der Waals surface area contributed by atoms with Gasteiger partial charge in [0.05, 0.1) is 11.6 Å². The van der Waals surface area contributed by atoms with Crippen LogP contribution in [0.4, 0.5) is 0 Å². The van der Waals surface area contributed by atoms with Crippen molar-refractivity contribution >= 4 is 5.91 Å². The number of aromatic nitrogens is 1. The van der Waals surface area contributed by atoms with Crippen molar-refractivity contribution in [1.82, 2.24) is 9.47 Å². The van der Waals surface area contributed by atoms with Crippen LogP contribution >= 0.6 is 0 Å². The van der Waals surface area contributed by atoms with Gasteiger partial charge in [-0.25, -0.2) is 0 Å². The third kappa shape index (κ3) is 3.35. The highest BCUT2D eigenvalue weighted by atomic mass is 16.2. The van der Waals surface area contributed by atoms with Crippen LogP contribution in [-0.4, -0.2) is 28.5 Å². The van der Waals surface area contributed by atoms with E-state index in [4.69, 9.17) is 5.26 Å². The zero-order valence-electron chi connectivity index (χ0n) is 17.2. The third-order valence-electron chi connectivity index (χ3n) is 7.23. The number of piperidine rings is 1. The quantitative estimate of drug-likeness (QED) is 0.763. The molecule has 0 radical (unpaired) electrons. The number of carbonyl (C=O) groups excluding carboxylic acids is 1. The SMILES string of the molecule is N#Cc1ccc(C(=O)N2C[C@H]3C[C@H](C2)c2ccc(C4CCCCC4)c(=O)n2C3)cc1. The summed E-state index contributed by atoms with van der Waals surface area (Å²) in [6.45, 7) is 2.05. The van der Waals surface area contributed by atoms with Crippen molar-refractivity contribution in [3.8, 4) is 6.07 Å². The van der Waals surface area contributed by atoms with E-state index in [9.17, 15) is 9.59 Å². The van der Waals surface area contributed by atoms with E-state index < -0.39 is 0 Å². The number of nitriles is 1. The number of hydrogen-bond donors (Lipinski definition) is 0. The number of nitrogens with zero attached hydrogens (tertiary/aromatic N) is 3. The van der Waals surface area contributed by atoms with Crippen molar-refractivity contribution in [2.75, 3.05) is 13.1 Å². The lowest BCUT2D eigenvalue weighted by molar-refractivity contribution is 0.0594. The first-order valence-corrected chi connectivity index (χ1v) is 11.2. The van der Waals surface area contributed by atoms with Crippen molar-refractivity contribution in [2.24, 2.45) is 5.92 Å². The summed E-state index contributed by atoms with van der Waals surface area (Å²) in [4.78, 5) is 28.3. The van der Waals surface area contributed by atoms with Crippen LogP contribution in [0.1, 0.15) is 77.5 Å². The first kappa shape index (κ1) is 19.1. The predicted octanol–water partition coefficient (Wildman–Crippen LogP) is 4.03. The van der Waals surface area contributed by atoms with Crippen LogP contribution in [0.2, 0.25) is 0 Å². The molecule has 0 unspecified atom stereocenters. The van der Waals surface area contributed by atoms with E-state index in [-0.39, 0.29) is 17.4 Å². The van der Waals surface area contributed by atoms with Gasteiger partial charge in [-0.05, 0) is 61.4 Å². The monoisotopic (exact) mass is 401 g/mol. The summed E-state index contributed by atoms with van der Waals surface area (Å²) in [6, 6.07) is 13.2. The summed E-state index contributed by atoms with van der Waals surface area (Å²) >= 11 is 0. The van der Waals surface area contributed by atoms with Crippen LogP contribution in [-0.2, 0) is 6.54 Å². The Hall–Kier alpha value is -2.87. The van der Waals surface area contributed by atoms with Gasteiger partial charge in [-0.3, -0.25) is 9.59 Å². The van der Waals surface area contributed by atoms with Gasteiger partial charge in [0.25, 0.3) is 11.5 Å². The van der Waals surface area contributed by atoms with Crippen LogP contribution in [0, 0.1) is 17.2 Å². The minimum atomic E-state index is 0.0174. The van der Waals surface area contributed by atoms with Gasteiger partial charge in [0.1, 0.15) is 0 Å². The van der Waals surface area contributed by atoms with E-state index in [2.05, 4.69) is 18.2 Å². The van der Waals surface area contributed by atoms with E-state index in [0.717, 1.165) is 30.5 Å². The zero-order chi connectivity index (χ0) is 20.7. The van der Waals surface area contributed by atoms with E-state index in [1.165, 1.54) is 19.3 Å². The molecule has 1 aromatic carbocycles. The van der Waals surface area contributed by atoms with Crippen molar-refractivity contribution in [3.63, 3.8) is 0 Å². The Morgan fingerprint density at radius 1 is 0.933 bits per heavy atom. The summed E-state index contributed by atoms with van der Waals surface area (Å²) in [7, 11) is 0. The fourth-order valence-corrected chi connectivity index (χ4v) is 5.72. The van der Waals surface area contributed by atoms with Crippen LogP contribution in [0.15, 0.2) is 41.2 Å². The fraction of sp³-hybridized carbons (Fsp3) is 0.480. The number of carbonyl (C=O) groups is 1. The molecule has 2 aromatic rings. The van der Waals surface area contributed by atoms with E-state index in [0.29, 0.717) is 42.6 Å². The Morgan fingerprint density at radius 3 is 2.43 bits per heavy atom. The lowest BCUT2D eigenvalue weighted by Crippen LogP contribution is -2.49. The number of benzene rings is 1. The predicted molar refractivity (Wildman–Crippen MR) is 114 cm³/mol. The van der Waals surface area contributed by atoms with Crippen molar-refractivity contribution in [1.29, 1.82) is 5.26 Å². The third-order valence-corrected chi connectivity index (χ3v) is 7.23. The second-order valence-electron chi connectivity index (χ2n) is 9.16. The summed E-state index contributed by atoms with van der Waals surface area (Å²) in [6.07, 6.45) is 7.05. The fourth-order valence-electron chi connectivity index (χ4n) is 5.72. The van der Waals surface area contributed by atoms with Crippen LogP contribution in [0.3, 0.4) is 0 Å². The van der Waals surface area contributed by atoms with Crippen molar-refractivity contribution in [2.45, 2.75) is 56.9 Å². The van der Waals surface area contributed by atoms with Gasteiger partial charge in [0.2, 0.25) is 0 Å². The van der Waals surface area contributed by atoms with Crippen molar-refractivity contribution < 1.29 is 4.79 Å². The smallest absolute Gasteiger partial charge is 0.254 e. The van der Waals surface area contributed by atoms with Crippen LogP contribution in [0.5, 0.6) is 0 Å². The maximum absolute atomic E-state index is 13.3. The second kappa shape index (κ2) is 7.75. The summed E-state index contributed by atoms with van der Waals surface area (Å²) in [5.41, 5.74) is 3.49. The first-order chi connectivity index (χ1) is 14.6. The molecule has 2 bridgehead atoms. The minimum Gasteiger partial charge on any atom is -0.338 e. The molecule has 2 fully saturated rings. The Kier molecular flexibility index (Phi) is 4.94. The lowest BCUT2D eigenvalue weighted by atomic mass is 9.81. The topological polar surface area (TPSA) is 66.1 Å². The van der Waals surface area contributed by atoms with Gasteiger partial charge in [-0.15, -0.1) is 0 Å². The number of amides is 1. The summed E-state index contributed by atoms with van der Waals surface area (Å²) in [5, 5.41) is 8.97. The largest absolute Gasteiger partial charge is 0.338 e. The van der Waals surface area contributed by atoms with Crippen LogP contribution in [0.25, 0.3) is 0 Å². The van der Waals surface area contributed by atoms with Gasteiger partial charge in [-0.1, -0.05) is 25.3 Å². The normalized spacial score (nSPS) is 23.5. The maximum Gasteiger partial charge on any atom is 0.254 e. The standard InChI is InChI=1S/C25H27N3O2/c26-13-17-6-8-20(9-7-17)24(29)27-14-18-12-21(16-27)23-11-10-22(25(30)28(23)15-18)19-4-2-1-3-5-19/h6-11,18-19,21H,1-5,12,14-16H2/t18-,21-/m1/s1. The molecule has 30 heavy (non-hydrogen) atoms. The van der Waals surface area contributed by atoms with Crippen LogP contribution < -0.4 is 5.56 Å². The molecule has 0 N–H and O–H groups in total. The molecule has 1 aromatic heterocycles. The van der Waals surface area contributed by atoms with Gasteiger partial charge < -0.3 is 9.47 Å². The highest BCUT2D eigenvalue weighted by Gasteiger charge is 2.37. The zero-order valence-corrected chi connectivity index (χ0v) is 17.2. The number of pyridine rings is 1. The Labute approximate surface area is 176 Å². The molecule has 1 saturated carbocycles. The average Bonchev–Trinajstić information content (AvgIpc) is 2.80. The van der Waals surface area contributed by atoms with E-state index in [1.54, 1.807) is 24.3 Å². The summed E-state index contributed by atoms with van der Waals surface area (Å²) in [5.74, 6) is 0.968. The lowest BCUT2D eigenvalue weighted by Gasteiger charge is -2.43. The summed E-state index contributed by atoms with van der Waals surface area (Å²) < 4.78 is 2.02. The average molecular weight is 402 g/mol.